The third kappa shape index (κ3) is 1.84. The molecule has 0 aliphatic carbocycles. The van der Waals surface area contributed by atoms with Crippen molar-refractivity contribution in [2.75, 3.05) is 0 Å². The van der Waals surface area contributed by atoms with Gasteiger partial charge >= 0.3 is 0 Å². The summed E-state index contributed by atoms with van der Waals surface area (Å²) in [6, 6.07) is 8.43. The highest BCUT2D eigenvalue weighted by atomic mass is 15.1. The van der Waals surface area contributed by atoms with Crippen LogP contribution in [-0.4, -0.2) is 23.6 Å². The molecular formula is C12H16B2N2. The second-order valence-corrected chi connectivity index (χ2v) is 4.83. The molecule has 0 atom stereocenters. The van der Waals surface area contributed by atoms with Crippen LogP contribution in [0.2, 0.25) is 27.3 Å². The highest BCUT2D eigenvalue weighted by molar-refractivity contribution is 6.75. The Morgan fingerprint density at radius 3 is 1.44 bits per heavy atom. The van der Waals surface area contributed by atoms with Gasteiger partial charge in [0, 0.05) is 11.2 Å². The summed E-state index contributed by atoms with van der Waals surface area (Å²) in [5.74, 6) is 0. The van der Waals surface area contributed by atoms with Crippen LogP contribution in [0.3, 0.4) is 0 Å². The molecule has 0 unspecified atom stereocenters. The van der Waals surface area contributed by atoms with Gasteiger partial charge in [0.2, 0.25) is 0 Å². The summed E-state index contributed by atoms with van der Waals surface area (Å²) in [6.45, 7) is 9.46. The van der Waals surface area contributed by atoms with Crippen LogP contribution in [0.15, 0.2) is 24.3 Å². The normalized spacial score (nSPS) is 10.5. The maximum absolute atomic E-state index is 4.38. The van der Waals surface area contributed by atoms with Gasteiger partial charge in [0.1, 0.15) is 0 Å². The Morgan fingerprint density at radius 1 is 0.750 bits per heavy atom. The summed E-state index contributed by atoms with van der Waals surface area (Å²) in [7, 11) is 0. The lowest BCUT2D eigenvalue weighted by atomic mass is 9.49. The van der Waals surface area contributed by atoms with Crippen molar-refractivity contribution in [1.29, 1.82) is 0 Å². The highest BCUT2D eigenvalue weighted by Gasteiger charge is 2.15. The van der Waals surface area contributed by atoms with E-state index < -0.39 is 0 Å². The zero-order chi connectivity index (χ0) is 11.7. The van der Waals surface area contributed by atoms with E-state index in [-0.39, 0.29) is 0 Å². The molecule has 2 aromatic rings. The molecule has 1 heterocycles. The van der Waals surface area contributed by atoms with Crippen molar-refractivity contribution in [3.8, 4) is 0 Å². The van der Waals surface area contributed by atoms with Gasteiger partial charge in [0.25, 0.3) is 0 Å². The SMILES string of the molecule is CB(C)c1nnc(B(C)C)c2ccccc12. The van der Waals surface area contributed by atoms with E-state index in [0.29, 0.717) is 13.4 Å². The minimum absolute atomic E-state index is 0.415. The second-order valence-electron chi connectivity index (χ2n) is 4.83. The van der Waals surface area contributed by atoms with E-state index in [1.54, 1.807) is 0 Å². The Morgan fingerprint density at radius 2 is 1.12 bits per heavy atom. The van der Waals surface area contributed by atoms with Gasteiger partial charge in [0.15, 0.2) is 13.4 Å². The van der Waals surface area contributed by atoms with Gasteiger partial charge in [-0.2, -0.15) is 10.2 Å². The van der Waals surface area contributed by atoms with E-state index in [4.69, 9.17) is 0 Å². The van der Waals surface area contributed by atoms with E-state index in [9.17, 15) is 0 Å². The van der Waals surface area contributed by atoms with E-state index in [2.05, 4.69) is 61.8 Å². The standard InChI is InChI=1S/C12H16B2N2/c1-13(2)11-9-7-5-6-8-10(9)12(14(3)4)16-15-11/h5-8H,1-4H3. The molecule has 0 aliphatic heterocycles. The molecule has 0 amide bonds. The predicted octanol–water partition coefficient (Wildman–Crippen LogP) is 1.55. The van der Waals surface area contributed by atoms with Gasteiger partial charge in [-0.25, -0.2) is 0 Å². The van der Waals surface area contributed by atoms with Crippen molar-refractivity contribution in [2.24, 2.45) is 0 Å². The van der Waals surface area contributed by atoms with Crippen LogP contribution < -0.4 is 11.2 Å². The van der Waals surface area contributed by atoms with Crippen molar-refractivity contribution in [3.05, 3.63) is 24.3 Å². The van der Waals surface area contributed by atoms with Crippen LogP contribution in [0.1, 0.15) is 0 Å². The predicted molar refractivity (Wildman–Crippen MR) is 73.8 cm³/mol. The third-order valence-electron chi connectivity index (χ3n) is 2.84. The molecule has 0 saturated carbocycles. The van der Waals surface area contributed by atoms with Gasteiger partial charge in [-0.05, 0) is 10.8 Å². The summed E-state index contributed by atoms with van der Waals surface area (Å²) in [6.07, 6.45) is 0. The van der Waals surface area contributed by atoms with Crippen molar-refractivity contribution in [1.82, 2.24) is 10.2 Å². The molecule has 1 aromatic carbocycles. The molecule has 0 radical (unpaired) electrons. The summed E-state index contributed by atoms with van der Waals surface area (Å²) < 4.78 is 0. The van der Waals surface area contributed by atoms with Gasteiger partial charge in [-0.15, -0.1) is 0 Å². The van der Waals surface area contributed by atoms with E-state index in [1.807, 2.05) is 0 Å². The fourth-order valence-electron chi connectivity index (χ4n) is 2.00. The molecule has 2 rings (SSSR count). The monoisotopic (exact) mass is 210 g/mol. The second kappa shape index (κ2) is 4.28. The zero-order valence-corrected chi connectivity index (χ0v) is 10.4. The number of hydrogen-bond acceptors (Lipinski definition) is 2. The first-order valence-corrected chi connectivity index (χ1v) is 5.86. The summed E-state index contributed by atoms with van der Waals surface area (Å²) in [4.78, 5) is 0. The third-order valence-corrected chi connectivity index (χ3v) is 2.84. The molecule has 0 N–H and O–H groups in total. The molecule has 80 valence electrons. The molecular weight excluding hydrogens is 194 g/mol. The van der Waals surface area contributed by atoms with Crippen LogP contribution in [-0.2, 0) is 0 Å². The van der Waals surface area contributed by atoms with Gasteiger partial charge in [-0.1, -0.05) is 51.6 Å². The lowest BCUT2D eigenvalue weighted by Crippen LogP contribution is -2.36. The van der Waals surface area contributed by atoms with Crippen LogP contribution in [0, 0.1) is 0 Å². The van der Waals surface area contributed by atoms with Gasteiger partial charge in [-0.3, -0.25) is 0 Å². The van der Waals surface area contributed by atoms with Gasteiger partial charge in [0.05, 0.1) is 0 Å². The molecule has 16 heavy (non-hydrogen) atoms. The topological polar surface area (TPSA) is 25.8 Å². The largest absolute Gasteiger partial charge is 0.197 e. The van der Waals surface area contributed by atoms with Crippen molar-refractivity contribution in [3.63, 3.8) is 0 Å². The molecule has 0 spiro atoms. The first kappa shape index (κ1) is 11.2. The Hall–Kier alpha value is -1.31. The first-order valence-electron chi connectivity index (χ1n) is 5.86. The lowest BCUT2D eigenvalue weighted by molar-refractivity contribution is 1.10. The minimum atomic E-state index is 0.415. The Labute approximate surface area is 97.6 Å². The Kier molecular flexibility index (Phi) is 2.99. The molecule has 2 nitrogen and oxygen atoms in total. The molecule has 0 aliphatic rings. The maximum atomic E-state index is 4.38. The van der Waals surface area contributed by atoms with Crippen molar-refractivity contribution < 1.29 is 0 Å². The number of rotatable bonds is 2. The number of hydrogen-bond donors (Lipinski definition) is 0. The van der Waals surface area contributed by atoms with Crippen molar-refractivity contribution >= 4 is 35.4 Å². The molecule has 0 bridgehead atoms. The summed E-state index contributed by atoms with van der Waals surface area (Å²) in [5, 5.41) is 11.2. The first-order chi connectivity index (χ1) is 7.61. The molecule has 0 saturated heterocycles. The molecule has 0 fully saturated rings. The summed E-state index contributed by atoms with van der Waals surface area (Å²) in [5.41, 5.74) is 2.19. The number of fused-ring (bicyclic) bond motifs is 1. The summed E-state index contributed by atoms with van der Waals surface area (Å²) >= 11 is 0. The van der Waals surface area contributed by atoms with E-state index in [0.717, 1.165) is 11.2 Å². The maximum Gasteiger partial charge on any atom is 0.197 e. The van der Waals surface area contributed by atoms with Crippen LogP contribution in [0.5, 0.6) is 0 Å². The number of aromatic nitrogens is 2. The Balaban J connectivity index is 2.77. The van der Waals surface area contributed by atoms with Crippen LogP contribution in [0.25, 0.3) is 10.8 Å². The van der Waals surface area contributed by atoms with Crippen LogP contribution in [0.4, 0.5) is 0 Å². The zero-order valence-electron chi connectivity index (χ0n) is 10.4. The Bertz CT molecular complexity index is 463. The average Bonchev–Trinajstić information content (AvgIpc) is 2.27. The van der Waals surface area contributed by atoms with Crippen LogP contribution >= 0.6 is 0 Å². The minimum Gasteiger partial charge on any atom is -0.166 e. The van der Waals surface area contributed by atoms with Gasteiger partial charge < -0.3 is 0 Å². The lowest BCUT2D eigenvalue weighted by Gasteiger charge is -2.11. The van der Waals surface area contributed by atoms with E-state index >= 15 is 0 Å². The fraction of sp³-hybridized carbons (Fsp3) is 0.333. The van der Waals surface area contributed by atoms with E-state index in [1.165, 1.54) is 10.8 Å². The highest BCUT2D eigenvalue weighted by Crippen LogP contribution is 2.08. The smallest absolute Gasteiger partial charge is 0.166 e. The molecule has 1 aromatic heterocycles. The molecule has 4 heteroatoms. The fourth-order valence-corrected chi connectivity index (χ4v) is 2.00. The number of nitrogens with zero attached hydrogens (tertiary/aromatic N) is 2. The number of benzene rings is 1. The average molecular weight is 210 g/mol. The van der Waals surface area contributed by atoms with Crippen molar-refractivity contribution in [2.45, 2.75) is 27.3 Å². The quantitative estimate of drug-likeness (QED) is 0.702.